The summed E-state index contributed by atoms with van der Waals surface area (Å²) in [6.45, 7) is 6.00. The first kappa shape index (κ1) is 22.1. The second-order valence-corrected chi connectivity index (χ2v) is 8.72. The Hall–Kier alpha value is -3.74. The number of hydrogen-bond acceptors (Lipinski definition) is 7. The fourth-order valence-corrected chi connectivity index (χ4v) is 4.63. The van der Waals surface area contributed by atoms with Crippen molar-refractivity contribution in [2.45, 2.75) is 51.9 Å². The van der Waals surface area contributed by atoms with Crippen LogP contribution in [0.3, 0.4) is 0 Å². The van der Waals surface area contributed by atoms with E-state index in [1.807, 2.05) is 43.3 Å². The zero-order valence-corrected chi connectivity index (χ0v) is 19.6. The molecule has 2 aliphatic rings. The van der Waals surface area contributed by atoms with E-state index < -0.39 is 0 Å². The van der Waals surface area contributed by atoms with E-state index in [-0.39, 0.29) is 24.2 Å². The third kappa shape index (κ3) is 4.25. The minimum atomic E-state index is -0.380. The van der Waals surface area contributed by atoms with Crippen molar-refractivity contribution >= 4 is 23.2 Å². The van der Waals surface area contributed by atoms with Gasteiger partial charge in [-0.2, -0.15) is 0 Å². The maximum absolute atomic E-state index is 11.4. The number of esters is 1. The molecule has 7 heteroatoms. The number of benzene rings is 2. The second kappa shape index (κ2) is 9.25. The smallest absolute Gasteiger partial charge is 0.303 e. The molecule has 2 aliphatic heterocycles. The first-order valence-electron chi connectivity index (χ1n) is 11.7. The molecule has 176 valence electrons. The number of pyridine rings is 1. The molecule has 1 unspecified atom stereocenters. The summed E-state index contributed by atoms with van der Waals surface area (Å²) in [7, 11) is 0. The molecule has 0 saturated heterocycles. The number of aromatic nitrogens is 1. The van der Waals surface area contributed by atoms with Gasteiger partial charge in [0.2, 0.25) is 0 Å². The molecule has 7 nitrogen and oxygen atoms in total. The fourth-order valence-electron chi connectivity index (χ4n) is 4.63. The summed E-state index contributed by atoms with van der Waals surface area (Å²) in [5, 5.41) is 7.04. The molecule has 0 radical (unpaired) electrons. The number of nitrogens with one attached hydrogen (secondary N) is 2. The van der Waals surface area contributed by atoms with Crippen molar-refractivity contribution in [3.8, 4) is 11.5 Å². The largest absolute Gasteiger partial charge is 0.489 e. The van der Waals surface area contributed by atoms with Gasteiger partial charge in [-0.15, -0.1) is 0 Å². The van der Waals surface area contributed by atoms with E-state index in [1.54, 1.807) is 6.20 Å². The van der Waals surface area contributed by atoms with E-state index in [4.69, 9.17) is 14.2 Å². The summed E-state index contributed by atoms with van der Waals surface area (Å²) >= 11 is 0. The molecule has 2 N–H and O–H groups in total. The average molecular weight is 460 g/mol. The van der Waals surface area contributed by atoms with Crippen LogP contribution in [-0.2, 0) is 16.0 Å². The van der Waals surface area contributed by atoms with Gasteiger partial charge in [0, 0.05) is 36.0 Å². The molecular weight excluding hydrogens is 430 g/mol. The number of hydrogen-bond donors (Lipinski definition) is 2. The lowest BCUT2D eigenvalue weighted by Crippen LogP contribution is -2.18. The Bertz CT molecular complexity index is 1210. The lowest BCUT2D eigenvalue weighted by atomic mass is 10.0. The van der Waals surface area contributed by atoms with Crippen molar-refractivity contribution in [1.29, 1.82) is 0 Å². The van der Waals surface area contributed by atoms with Crippen molar-refractivity contribution in [3.63, 3.8) is 0 Å². The molecule has 34 heavy (non-hydrogen) atoms. The number of fused-ring (bicyclic) bond motifs is 2. The highest BCUT2D eigenvalue weighted by atomic mass is 16.6. The third-order valence-corrected chi connectivity index (χ3v) is 6.17. The van der Waals surface area contributed by atoms with Crippen molar-refractivity contribution in [1.82, 2.24) is 4.98 Å². The third-order valence-electron chi connectivity index (χ3n) is 6.17. The summed E-state index contributed by atoms with van der Waals surface area (Å²) in [6, 6.07) is 16.1. The van der Waals surface area contributed by atoms with Crippen LogP contribution in [0.15, 0.2) is 54.7 Å². The quantitative estimate of drug-likeness (QED) is 0.438. The van der Waals surface area contributed by atoms with Crippen LogP contribution in [-0.4, -0.2) is 23.7 Å². The van der Waals surface area contributed by atoms with E-state index in [0.717, 1.165) is 52.7 Å². The molecule has 0 aliphatic carbocycles. The van der Waals surface area contributed by atoms with Gasteiger partial charge >= 0.3 is 5.97 Å². The standard InChI is InChI=1S/C27H29N3O4/c1-4-7-18-8-6-13-28-27(18)30-22-10-5-9-20-23(15-32-26(20)22)29-19-11-12-21-24(14-19)33-16(2)25(21)34-17(3)31/h5-6,8-14,16,23,25,29H,4,7,15H2,1-3H3,(H,28,30)/t16?,23-,25-/m1/s1. The Morgan fingerprint density at radius 1 is 1.18 bits per heavy atom. The number of aryl methyl sites for hydroxylation is 1. The van der Waals surface area contributed by atoms with E-state index in [1.165, 1.54) is 12.5 Å². The summed E-state index contributed by atoms with van der Waals surface area (Å²) in [4.78, 5) is 16.0. The normalized spacial score (nSPS) is 20.0. The predicted octanol–water partition coefficient (Wildman–Crippen LogP) is 5.71. The van der Waals surface area contributed by atoms with Gasteiger partial charge < -0.3 is 24.8 Å². The van der Waals surface area contributed by atoms with Gasteiger partial charge in [0.15, 0.2) is 6.10 Å². The number of anilines is 3. The minimum Gasteiger partial charge on any atom is -0.489 e. The molecule has 0 saturated carbocycles. The highest BCUT2D eigenvalue weighted by molar-refractivity contribution is 5.70. The highest BCUT2D eigenvalue weighted by Crippen LogP contribution is 2.44. The average Bonchev–Trinajstić information content (AvgIpc) is 3.36. The summed E-state index contributed by atoms with van der Waals surface area (Å²) in [5.41, 5.74) is 5.00. The van der Waals surface area contributed by atoms with E-state index in [0.29, 0.717) is 6.61 Å². The topological polar surface area (TPSA) is 81.7 Å². The summed E-state index contributed by atoms with van der Waals surface area (Å²) in [6.07, 6.45) is 3.23. The van der Waals surface area contributed by atoms with Gasteiger partial charge in [0.25, 0.3) is 0 Å². The number of nitrogens with zero attached hydrogens (tertiary/aromatic N) is 1. The van der Waals surface area contributed by atoms with Gasteiger partial charge in [-0.25, -0.2) is 4.98 Å². The number of ether oxygens (including phenoxy) is 3. The maximum Gasteiger partial charge on any atom is 0.303 e. The van der Waals surface area contributed by atoms with Gasteiger partial charge in [-0.3, -0.25) is 4.79 Å². The van der Waals surface area contributed by atoms with Gasteiger partial charge in [-0.05, 0) is 43.2 Å². The molecule has 5 rings (SSSR count). The number of carbonyl (C=O) groups excluding carboxylic acids is 1. The first-order valence-corrected chi connectivity index (χ1v) is 11.7. The monoisotopic (exact) mass is 459 g/mol. The fraction of sp³-hybridized carbons (Fsp3) is 0.333. The van der Waals surface area contributed by atoms with Crippen LogP contribution >= 0.6 is 0 Å². The Balaban J connectivity index is 1.35. The van der Waals surface area contributed by atoms with Crippen LogP contribution in [0, 0.1) is 0 Å². The molecule has 0 fully saturated rings. The van der Waals surface area contributed by atoms with Crippen molar-refractivity contribution in [2.24, 2.45) is 0 Å². The maximum atomic E-state index is 11.4. The minimum absolute atomic E-state index is 0.00302. The molecule has 2 aromatic carbocycles. The zero-order chi connectivity index (χ0) is 23.7. The lowest BCUT2D eigenvalue weighted by Gasteiger charge is -2.15. The predicted molar refractivity (Wildman–Crippen MR) is 131 cm³/mol. The number of carbonyl (C=O) groups is 1. The molecule has 1 aromatic heterocycles. The summed E-state index contributed by atoms with van der Waals surface area (Å²) < 4.78 is 17.5. The lowest BCUT2D eigenvalue weighted by molar-refractivity contribution is -0.149. The molecule has 0 amide bonds. The Kier molecular flexibility index (Phi) is 6.01. The molecule has 3 heterocycles. The molecule has 3 aromatic rings. The van der Waals surface area contributed by atoms with E-state index in [2.05, 4.69) is 34.7 Å². The number of para-hydroxylation sites is 1. The van der Waals surface area contributed by atoms with E-state index in [9.17, 15) is 4.79 Å². The van der Waals surface area contributed by atoms with Gasteiger partial charge in [-0.1, -0.05) is 31.5 Å². The zero-order valence-electron chi connectivity index (χ0n) is 19.6. The number of rotatable bonds is 7. The van der Waals surface area contributed by atoms with Gasteiger partial charge in [0.1, 0.15) is 30.0 Å². The Morgan fingerprint density at radius 3 is 2.88 bits per heavy atom. The van der Waals surface area contributed by atoms with Crippen LogP contribution in [0.1, 0.15) is 56.0 Å². The molecular formula is C27H29N3O4. The SMILES string of the molecule is CCCc1cccnc1Nc1cccc2c1OC[C@H]2Nc1ccc2c(c1)OC(C)[C@H]2OC(C)=O. The molecule has 0 spiro atoms. The summed E-state index contributed by atoms with van der Waals surface area (Å²) in [5.74, 6) is 2.13. The van der Waals surface area contributed by atoms with Gasteiger partial charge in [0.05, 0.1) is 11.7 Å². The van der Waals surface area contributed by atoms with Crippen LogP contribution in [0.25, 0.3) is 0 Å². The molecule has 3 atom stereocenters. The highest BCUT2D eigenvalue weighted by Gasteiger charge is 2.34. The van der Waals surface area contributed by atoms with E-state index >= 15 is 0 Å². The van der Waals surface area contributed by atoms with Crippen LogP contribution in [0.2, 0.25) is 0 Å². The van der Waals surface area contributed by atoms with Crippen LogP contribution in [0.4, 0.5) is 17.2 Å². The van der Waals surface area contributed by atoms with Crippen molar-refractivity contribution < 1.29 is 19.0 Å². The van der Waals surface area contributed by atoms with Crippen LogP contribution in [0.5, 0.6) is 11.5 Å². The first-order chi connectivity index (χ1) is 16.5. The van der Waals surface area contributed by atoms with Crippen molar-refractivity contribution in [3.05, 3.63) is 71.4 Å². The Morgan fingerprint density at radius 2 is 2.06 bits per heavy atom. The Labute approximate surface area is 199 Å². The molecule has 0 bridgehead atoms. The van der Waals surface area contributed by atoms with Crippen LogP contribution < -0.4 is 20.1 Å². The second-order valence-electron chi connectivity index (χ2n) is 8.72. The van der Waals surface area contributed by atoms with Crippen molar-refractivity contribution in [2.75, 3.05) is 17.2 Å².